The zero-order chi connectivity index (χ0) is 14.9. The molecule has 0 saturated carbocycles. The first kappa shape index (κ1) is 14.6. The number of hydrogen-bond donors (Lipinski definition) is 1. The van der Waals surface area contributed by atoms with Gasteiger partial charge < -0.3 is 10.0 Å². The van der Waals surface area contributed by atoms with E-state index in [0.29, 0.717) is 19.3 Å². The third-order valence-electron chi connectivity index (χ3n) is 4.38. The van der Waals surface area contributed by atoms with Crippen LogP contribution in [0.5, 0.6) is 0 Å². The minimum Gasteiger partial charge on any atom is -0.481 e. The summed E-state index contributed by atoms with van der Waals surface area (Å²) in [7, 11) is 1.72. The zero-order valence-corrected chi connectivity index (χ0v) is 12.2. The number of nitrogens with zero attached hydrogens (tertiary/aromatic N) is 1. The van der Waals surface area contributed by atoms with Crippen LogP contribution in [0.15, 0.2) is 18.2 Å². The Kier molecular flexibility index (Phi) is 4.12. The molecule has 0 bridgehead atoms. The molecule has 1 amide bonds. The van der Waals surface area contributed by atoms with E-state index in [9.17, 15) is 14.7 Å². The molecular formula is C16H21NO3. The van der Waals surface area contributed by atoms with Gasteiger partial charge in [-0.2, -0.15) is 0 Å². The topological polar surface area (TPSA) is 57.6 Å². The number of amides is 1. The number of benzene rings is 1. The summed E-state index contributed by atoms with van der Waals surface area (Å²) in [4.78, 5) is 25.3. The van der Waals surface area contributed by atoms with Crippen molar-refractivity contribution in [1.29, 1.82) is 0 Å². The molecule has 1 aliphatic rings. The van der Waals surface area contributed by atoms with E-state index in [4.69, 9.17) is 0 Å². The maximum absolute atomic E-state index is 12.1. The summed E-state index contributed by atoms with van der Waals surface area (Å²) in [5, 5.41) is 9.52. The Morgan fingerprint density at radius 1 is 1.35 bits per heavy atom. The van der Waals surface area contributed by atoms with Crippen LogP contribution in [0.25, 0.3) is 0 Å². The van der Waals surface area contributed by atoms with Crippen molar-refractivity contribution in [3.05, 3.63) is 34.9 Å². The summed E-state index contributed by atoms with van der Waals surface area (Å²) in [6.45, 7) is 4.00. The number of rotatable bonds is 2. The fraction of sp³-hybridized carbons (Fsp3) is 0.500. The molecule has 0 aromatic heterocycles. The van der Waals surface area contributed by atoms with Gasteiger partial charge in [-0.3, -0.25) is 9.59 Å². The Labute approximate surface area is 119 Å². The molecule has 20 heavy (non-hydrogen) atoms. The summed E-state index contributed by atoms with van der Waals surface area (Å²) in [6, 6.07) is 5.51. The Hall–Kier alpha value is -1.84. The molecule has 0 aliphatic carbocycles. The van der Waals surface area contributed by atoms with Crippen molar-refractivity contribution in [3.63, 3.8) is 0 Å². The van der Waals surface area contributed by atoms with E-state index in [1.165, 1.54) is 0 Å². The standard InChI is InChI=1S/C16H21NO3/c1-10-6-4-7-12(11(10)2)15-13(16(19)20)8-5-9-14(18)17(15)3/h4,6-7,13,15H,5,8-9H2,1-3H3,(H,19,20). The van der Waals surface area contributed by atoms with Gasteiger partial charge in [0.1, 0.15) is 0 Å². The lowest BCUT2D eigenvalue weighted by atomic mass is 9.86. The Morgan fingerprint density at radius 3 is 2.70 bits per heavy atom. The van der Waals surface area contributed by atoms with Crippen LogP contribution >= 0.6 is 0 Å². The minimum absolute atomic E-state index is 0.0275. The van der Waals surface area contributed by atoms with Gasteiger partial charge in [0, 0.05) is 13.5 Å². The predicted octanol–water partition coefficient (Wildman–Crippen LogP) is 2.69. The molecule has 4 nitrogen and oxygen atoms in total. The first-order valence-electron chi connectivity index (χ1n) is 6.98. The lowest BCUT2D eigenvalue weighted by Crippen LogP contribution is -2.36. The van der Waals surface area contributed by atoms with Gasteiger partial charge in [0.2, 0.25) is 5.91 Å². The lowest BCUT2D eigenvalue weighted by Gasteiger charge is -2.32. The van der Waals surface area contributed by atoms with Crippen LogP contribution in [-0.4, -0.2) is 28.9 Å². The van der Waals surface area contributed by atoms with Crippen molar-refractivity contribution in [3.8, 4) is 0 Å². The van der Waals surface area contributed by atoms with Crippen molar-refractivity contribution in [2.45, 2.75) is 39.2 Å². The number of hydrogen-bond acceptors (Lipinski definition) is 2. The SMILES string of the molecule is Cc1cccc(C2C(C(=O)O)CCCC(=O)N2C)c1C. The minimum atomic E-state index is -0.822. The molecule has 2 unspecified atom stereocenters. The molecule has 1 N–H and O–H groups in total. The van der Waals surface area contributed by atoms with Gasteiger partial charge in [-0.25, -0.2) is 0 Å². The average Bonchev–Trinajstić information content (AvgIpc) is 2.54. The van der Waals surface area contributed by atoms with E-state index in [0.717, 1.165) is 16.7 Å². The second-order valence-corrected chi connectivity index (χ2v) is 5.58. The van der Waals surface area contributed by atoms with E-state index in [1.807, 2.05) is 32.0 Å². The van der Waals surface area contributed by atoms with E-state index in [2.05, 4.69) is 0 Å². The number of carbonyl (C=O) groups is 2. The maximum Gasteiger partial charge on any atom is 0.308 e. The van der Waals surface area contributed by atoms with Gasteiger partial charge in [-0.15, -0.1) is 0 Å². The van der Waals surface area contributed by atoms with Crippen molar-refractivity contribution in [2.24, 2.45) is 5.92 Å². The highest BCUT2D eigenvalue weighted by molar-refractivity contribution is 5.79. The molecule has 2 atom stereocenters. The van der Waals surface area contributed by atoms with Gasteiger partial charge in [0.15, 0.2) is 0 Å². The van der Waals surface area contributed by atoms with E-state index in [-0.39, 0.29) is 11.9 Å². The van der Waals surface area contributed by atoms with Crippen molar-refractivity contribution in [1.82, 2.24) is 4.90 Å². The molecule has 0 spiro atoms. The highest BCUT2D eigenvalue weighted by Crippen LogP contribution is 2.37. The fourth-order valence-corrected chi connectivity index (χ4v) is 3.01. The van der Waals surface area contributed by atoms with Gasteiger partial charge >= 0.3 is 5.97 Å². The van der Waals surface area contributed by atoms with E-state index < -0.39 is 11.9 Å². The summed E-state index contributed by atoms with van der Waals surface area (Å²) >= 11 is 0. The Morgan fingerprint density at radius 2 is 2.05 bits per heavy atom. The molecule has 0 radical (unpaired) electrons. The number of aliphatic carboxylic acids is 1. The highest BCUT2D eigenvalue weighted by Gasteiger charge is 2.37. The molecular weight excluding hydrogens is 254 g/mol. The van der Waals surface area contributed by atoms with E-state index in [1.54, 1.807) is 11.9 Å². The highest BCUT2D eigenvalue weighted by atomic mass is 16.4. The molecule has 2 rings (SSSR count). The van der Waals surface area contributed by atoms with Gasteiger partial charge in [0.05, 0.1) is 12.0 Å². The first-order valence-corrected chi connectivity index (χ1v) is 6.98. The van der Waals surface area contributed by atoms with Gasteiger partial charge in [-0.1, -0.05) is 18.2 Å². The van der Waals surface area contributed by atoms with Crippen LogP contribution in [0.3, 0.4) is 0 Å². The monoisotopic (exact) mass is 275 g/mol. The molecule has 1 aromatic carbocycles. The average molecular weight is 275 g/mol. The summed E-state index contributed by atoms with van der Waals surface area (Å²) in [5.41, 5.74) is 3.15. The summed E-state index contributed by atoms with van der Waals surface area (Å²) in [5.74, 6) is -1.33. The van der Waals surface area contributed by atoms with Crippen LogP contribution in [0.2, 0.25) is 0 Å². The van der Waals surface area contributed by atoms with Crippen molar-refractivity contribution >= 4 is 11.9 Å². The predicted molar refractivity (Wildman–Crippen MR) is 76.4 cm³/mol. The maximum atomic E-state index is 12.1. The quantitative estimate of drug-likeness (QED) is 0.902. The fourth-order valence-electron chi connectivity index (χ4n) is 3.01. The first-order chi connectivity index (χ1) is 9.43. The third-order valence-corrected chi connectivity index (χ3v) is 4.38. The number of carbonyl (C=O) groups excluding carboxylic acids is 1. The lowest BCUT2D eigenvalue weighted by molar-refractivity contribution is -0.145. The molecule has 1 fully saturated rings. The van der Waals surface area contributed by atoms with Crippen LogP contribution in [-0.2, 0) is 9.59 Å². The smallest absolute Gasteiger partial charge is 0.308 e. The summed E-state index contributed by atoms with van der Waals surface area (Å²) in [6.07, 6.45) is 1.62. The number of aryl methyl sites for hydroxylation is 1. The summed E-state index contributed by atoms with van der Waals surface area (Å²) < 4.78 is 0. The second-order valence-electron chi connectivity index (χ2n) is 5.58. The molecule has 1 heterocycles. The normalized spacial score (nSPS) is 23.6. The Balaban J connectivity index is 2.53. The van der Waals surface area contributed by atoms with Crippen LogP contribution in [0.1, 0.15) is 42.0 Å². The second kappa shape index (κ2) is 5.65. The number of carboxylic acids is 1. The molecule has 108 valence electrons. The Bertz CT molecular complexity index is 539. The van der Waals surface area contributed by atoms with Crippen LogP contribution < -0.4 is 0 Å². The molecule has 1 saturated heterocycles. The molecule has 1 aromatic rings. The van der Waals surface area contributed by atoms with Crippen LogP contribution in [0.4, 0.5) is 0 Å². The van der Waals surface area contributed by atoms with Gasteiger partial charge in [-0.05, 0) is 43.4 Å². The van der Waals surface area contributed by atoms with Crippen LogP contribution in [0, 0.1) is 19.8 Å². The zero-order valence-electron chi connectivity index (χ0n) is 12.2. The number of likely N-dealkylation sites (tertiary alicyclic amines) is 1. The van der Waals surface area contributed by atoms with Crippen molar-refractivity contribution in [2.75, 3.05) is 7.05 Å². The van der Waals surface area contributed by atoms with Crippen molar-refractivity contribution < 1.29 is 14.7 Å². The largest absolute Gasteiger partial charge is 0.481 e. The number of carboxylic acid groups (broad SMARTS) is 1. The molecule has 1 aliphatic heterocycles. The van der Waals surface area contributed by atoms with E-state index >= 15 is 0 Å². The molecule has 4 heteroatoms. The van der Waals surface area contributed by atoms with Gasteiger partial charge in [0.25, 0.3) is 0 Å². The third kappa shape index (κ3) is 2.55.